The third-order valence-corrected chi connectivity index (χ3v) is 6.38. The second-order valence-corrected chi connectivity index (χ2v) is 8.21. The maximum Gasteiger partial charge on any atom is 0.409 e. The fourth-order valence-electron chi connectivity index (χ4n) is 5.00. The molecule has 5 nitrogen and oxygen atoms in total. The van der Waals surface area contributed by atoms with Crippen LogP contribution in [0.3, 0.4) is 0 Å². The van der Waals surface area contributed by atoms with E-state index in [0.717, 1.165) is 38.9 Å². The van der Waals surface area contributed by atoms with Gasteiger partial charge in [0.2, 0.25) is 0 Å². The van der Waals surface area contributed by atoms with Crippen molar-refractivity contribution in [3.05, 3.63) is 41.6 Å². The minimum atomic E-state index is -0.142. The molecular formula is C22H27N3O2. The lowest BCUT2D eigenvalue weighted by Crippen LogP contribution is -2.44. The molecule has 0 radical (unpaired) electrons. The Morgan fingerprint density at radius 3 is 2.96 bits per heavy atom. The number of hydrogen-bond donors (Lipinski definition) is 1. The molecule has 0 saturated carbocycles. The molecule has 142 valence electrons. The second-order valence-electron chi connectivity index (χ2n) is 8.21. The molecule has 1 saturated heterocycles. The van der Waals surface area contributed by atoms with Gasteiger partial charge in [0.25, 0.3) is 0 Å². The number of hydrogen-bond acceptors (Lipinski definition) is 3. The molecule has 0 spiro atoms. The first-order valence-electron chi connectivity index (χ1n) is 10.1. The predicted octanol–water partition coefficient (Wildman–Crippen LogP) is 3.66. The number of H-pyrrole nitrogens is 1. The molecule has 1 amide bonds. The average molecular weight is 365 g/mol. The molecule has 1 fully saturated rings. The number of nitrogens with zero attached hydrogens (tertiary/aromatic N) is 2. The maximum atomic E-state index is 12.4. The van der Waals surface area contributed by atoms with Crippen molar-refractivity contribution >= 4 is 22.6 Å². The van der Waals surface area contributed by atoms with E-state index in [1.54, 1.807) is 0 Å². The molecule has 1 N–H and O–H groups in total. The predicted molar refractivity (Wildman–Crippen MR) is 107 cm³/mol. The number of aromatic nitrogens is 1. The number of carbonyl (C=O) groups excluding carboxylic acids is 1. The van der Waals surface area contributed by atoms with E-state index in [2.05, 4.69) is 47.4 Å². The molecule has 5 heteroatoms. The van der Waals surface area contributed by atoms with E-state index in [4.69, 9.17) is 4.74 Å². The molecule has 2 aliphatic heterocycles. The molecular weight excluding hydrogens is 338 g/mol. The van der Waals surface area contributed by atoms with Crippen molar-refractivity contribution in [3.63, 3.8) is 0 Å². The van der Waals surface area contributed by atoms with E-state index >= 15 is 0 Å². The first kappa shape index (κ1) is 16.9. The third-order valence-electron chi connectivity index (χ3n) is 6.38. The molecule has 3 heterocycles. The molecule has 0 bridgehead atoms. The Hall–Kier alpha value is -2.27. The Morgan fingerprint density at radius 2 is 2.11 bits per heavy atom. The smallest absolute Gasteiger partial charge is 0.409 e. The number of rotatable bonds is 2. The Balaban J connectivity index is 1.37. The van der Waals surface area contributed by atoms with Crippen LogP contribution in [0.5, 0.6) is 0 Å². The number of carbonyl (C=O) groups is 1. The van der Waals surface area contributed by atoms with Crippen LogP contribution < -0.4 is 0 Å². The molecule has 1 aromatic heterocycles. The highest BCUT2D eigenvalue weighted by molar-refractivity contribution is 5.98. The summed E-state index contributed by atoms with van der Waals surface area (Å²) in [7, 11) is 2.19. The molecule has 2 aromatic rings. The summed E-state index contributed by atoms with van der Waals surface area (Å²) in [4.78, 5) is 20.0. The highest BCUT2D eigenvalue weighted by atomic mass is 16.6. The van der Waals surface area contributed by atoms with Crippen LogP contribution in [0.4, 0.5) is 4.79 Å². The zero-order valence-corrected chi connectivity index (χ0v) is 15.9. The summed E-state index contributed by atoms with van der Waals surface area (Å²) in [6.07, 6.45) is 8.82. The SMILES string of the molecule is CN1CC(COC(=O)N2CCCCC2)C=C2c3cccc4[nH]cc(c34)C[C@@H]21. The van der Waals surface area contributed by atoms with Crippen molar-refractivity contribution in [1.82, 2.24) is 14.8 Å². The fraction of sp³-hybridized carbons (Fsp3) is 0.500. The van der Waals surface area contributed by atoms with Gasteiger partial charge in [-0.3, -0.25) is 4.90 Å². The molecule has 1 unspecified atom stereocenters. The lowest BCUT2D eigenvalue weighted by molar-refractivity contribution is 0.0794. The number of likely N-dealkylation sites (tertiary alicyclic amines) is 1. The van der Waals surface area contributed by atoms with Crippen molar-refractivity contribution in [2.75, 3.05) is 33.3 Å². The number of ether oxygens (including phenoxy) is 1. The lowest BCUT2D eigenvalue weighted by Gasteiger charge is -2.39. The van der Waals surface area contributed by atoms with Gasteiger partial charge < -0.3 is 14.6 Å². The van der Waals surface area contributed by atoms with Gasteiger partial charge in [0.05, 0.1) is 0 Å². The summed E-state index contributed by atoms with van der Waals surface area (Å²) in [5, 5.41) is 1.36. The van der Waals surface area contributed by atoms with Gasteiger partial charge in [-0.05, 0) is 55.5 Å². The number of likely N-dealkylation sites (N-methyl/N-ethyl adjacent to an activating group) is 1. The average Bonchev–Trinajstić information content (AvgIpc) is 3.12. The molecule has 5 rings (SSSR count). The van der Waals surface area contributed by atoms with Crippen molar-refractivity contribution in [3.8, 4) is 0 Å². The Labute approximate surface area is 160 Å². The Bertz CT molecular complexity index is 894. The Morgan fingerprint density at radius 1 is 1.26 bits per heavy atom. The lowest BCUT2D eigenvalue weighted by atomic mass is 9.80. The first-order chi connectivity index (χ1) is 13.2. The van der Waals surface area contributed by atoms with E-state index < -0.39 is 0 Å². The van der Waals surface area contributed by atoms with Crippen LogP contribution in [0.1, 0.15) is 30.4 Å². The summed E-state index contributed by atoms with van der Waals surface area (Å²) < 4.78 is 5.69. The van der Waals surface area contributed by atoms with Gasteiger partial charge in [-0.2, -0.15) is 0 Å². The summed E-state index contributed by atoms with van der Waals surface area (Å²) >= 11 is 0. The second kappa shape index (κ2) is 6.71. The van der Waals surface area contributed by atoms with Crippen molar-refractivity contribution < 1.29 is 9.53 Å². The molecule has 2 atom stereocenters. The minimum absolute atomic E-state index is 0.142. The molecule has 27 heavy (non-hydrogen) atoms. The summed E-state index contributed by atoms with van der Waals surface area (Å²) in [5.41, 5.74) is 5.34. The van der Waals surface area contributed by atoms with Crippen molar-refractivity contribution in [2.24, 2.45) is 5.92 Å². The number of benzene rings is 1. The number of piperidine rings is 1. The summed E-state index contributed by atoms with van der Waals surface area (Å²) in [6, 6.07) is 6.91. The van der Waals surface area contributed by atoms with Crippen LogP contribution in [0.15, 0.2) is 30.5 Å². The van der Waals surface area contributed by atoms with E-state index in [9.17, 15) is 4.79 Å². The zero-order valence-electron chi connectivity index (χ0n) is 15.9. The first-order valence-corrected chi connectivity index (χ1v) is 10.1. The van der Waals surface area contributed by atoms with Crippen LogP contribution in [0.2, 0.25) is 0 Å². The van der Waals surface area contributed by atoms with Crippen molar-refractivity contribution in [2.45, 2.75) is 31.7 Å². The van der Waals surface area contributed by atoms with Crippen molar-refractivity contribution in [1.29, 1.82) is 0 Å². The van der Waals surface area contributed by atoms with E-state index in [-0.39, 0.29) is 12.0 Å². The highest BCUT2D eigenvalue weighted by Crippen LogP contribution is 2.40. The largest absolute Gasteiger partial charge is 0.449 e. The van der Waals surface area contributed by atoms with Gasteiger partial charge in [0, 0.05) is 48.7 Å². The maximum absolute atomic E-state index is 12.4. The van der Waals surface area contributed by atoms with E-state index in [0.29, 0.717) is 12.6 Å². The van der Waals surface area contributed by atoms with E-state index in [1.165, 1.54) is 34.0 Å². The van der Waals surface area contributed by atoms with Gasteiger partial charge in [0.1, 0.15) is 6.61 Å². The summed E-state index contributed by atoms with van der Waals surface area (Å²) in [6.45, 7) is 3.07. The van der Waals surface area contributed by atoms with E-state index in [1.807, 2.05) is 4.90 Å². The number of nitrogens with one attached hydrogen (secondary N) is 1. The standard InChI is InChI=1S/C22H27N3O2/c1-24-13-15(14-27-22(26)25-8-3-2-4-9-25)10-18-17-6-5-7-19-21(17)16(12-23-19)11-20(18)24/h5-7,10,12,15,20,23H,2-4,8-9,11,13-14H2,1H3/t15?,20-/m0/s1. The van der Waals surface area contributed by atoms with Crippen LogP contribution in [0, 0.1) is 5.92 Å². The Kier molecular flexibility index (Phi) is 4.20. The highest BCUT2D eigenvalue weighted by Gasteiger charge is 2.34. The molecule has 1 aliphatic carbocycles. The number of fused-ring (bicyclic) bond motifs is 2. The molecule has 1 aromatic carbocycles. The van der Waals surface area contributed by atoms with Crippen LogP contribution in [-0.4, -0.2) is 60.2 Å². The minimum Gasteiger partial charge on any atom is -0.449 e. The van der Waals surface area contributed by atoms with Crippen LogP contribution >= 0.6 is 0 Å². The van der Waals surface area contributed by atoms with Gasteiger partial charge in [-0.15, -0.1) is 0 Å². The zero-order chi connectivity index (χ0) is 18.4. The monoisotopic (exact) mass is 365 g/mol. The number of aromatic amines is 1. The molecule has 3 aliphatic rings. The van der Waals surface area contributed by atoms with Gasteiger partial charge >= 0.3 is 6.09 Å². The van der Waals surface area contributed by atoms with Gasteiger partial charge in [0.15, 0.2) is 0 Å². The quantitative estimate of drug-likeness (QED) is 0.884. The van der Waals surface area contributed by atoms with Crippen LogP contribution in [0.25, 0.3) is 16.5 Å². The number of amides is 1. The van der Waals surface area contributed by atoms with Crippen LogP contribution in [-0.2, 0) is 11.2 Å². The topological polar surface area (TPSA) is 48.6 Å². The van der Waals surface area contributed by atoms with Gasteiger partial charge in [-0.1, -0.05) is 18.2 Å². The summed E-state index contributed by atoms with van der Waals surface area (Å²) in [5.74, 6) is 0.241. The fourth-order valence-corrected chi connectivity index (χ4v) is 5.00. The third kappa shape index (κ3) is 2.94. The normalized spacial score (nSPS) is 25.2. The van der Waals surface area contributed by atoms with Gasteiger partial charge in [-0.25, -0.2) is 4.79 Å².